The first-order valence-electron chi connectivity index (χ1n) is 11.2. The van der Waals surface area contributed by atoms with Gasteiger partial charge in [-0.05, 0) is 36.5 Å². The molecule has 1 aromatic carbocycles. The summed E-state index contributed by atoms with van der Waals surface area (Å²) in [5, 5.41) is 2.65. The highest BCUT2D eigenvalue weighted by atomic mass is 16.7. The van der Waals surface area contributed by atoms with Crippen LogP contribution in [0.2, 0.25) is 0 Å². The van der Waals surface area contributed by atoms with Gasteiger partial charge in [0, 0.05) is 38.6 Å². The van der Waals surface area contributed by atoms with Gasteiger partial charge in [0.15, 0.2) is 11.5 Å². The Bertz CT molecular complexity index is 729. The van der Waals surface area contributed by atoms with Gasteiger partial charge in [-0.3, -0.25) is 15.0 Å². The zero-order chi connectivity index (χ0) is 21.5. The number of carbonyl (C=O) groups excluding carboxylic acids is 2. The van der Waals surface area contributed by atoms with E-state index in [1.807, 2.05) is 12.1 Å². The van der Waals surface area contributed by atoms with Crippen molar-refractivity contribution in [3.05, 3.63) is 23.8 Å². The molecule has 0 bridgehead atoms. The smallest absolute Gasteiger partial charge is 0.324 e. The number of rotatable bonds is 8. The average molecular weight is 418 g/mol. The highest BCUT2D eigenvalue weighted by Gasteiger charge is 2.26. The molecule has 3 amide bonds. The van der Waals surface area contributed by atoms with Crippen LogP contribution in [0, 0.1) is 11.8 Å². The Morgan fingerprint density at radius 2 is 1.77 bits per heavy atom. The maximum absolute atomic E-state index is 12.6. The van der Waals surface area contributed by atoms with Crippen LogP contribution in [0.15, 0.2) is 18.2 Å². The molecule has 3 rings (SSSR count). The van der Waals surface area contributed by atoms with Crippen LogP contribution in [-0.4, -0.2) is 54.7 Å². The third kappa shape index (κ3) is 6.11. The lowest BCUT2D eigenvalue weighted by Gasteiger charge is -2.34. The first-order valence-corrected chi connectivity index (χ1v) is 11.2. The number of imide groups is 1. The SMILES string of the molecule is CCC[C@@H](CCC(C)C)C(=O)NC(=O)N1CCN(Cc2ccc3c(c2)OCO3)CC1. The van der Waals surface area contributed by atoms with Crippen molar-refractivity contribution in [3.63, 3.8) is 0 Å². The monoisotopic (exact) mass is 417 g/mol. The lowest BCUT2D eigenvalue weighted by molar-refractivity contribution is -0.124. The second kappa shape index (κ2) is 10.7. The van der Waals surface area contributed by atoms with Crippen LogP contribution in [0.3, 0.4) is 0 Å². The number of ether oxygens (including phenoxy) is 2. The summed E-state index contributed by atoms with van der Waals surface area (Å²) in [5.74, 6) is 1.95. The Kier molecular flexibility index (Phi) is 7.96. The molecule has 30 heavy (non-hydrogen) atoms. The number of benzene rings is 1. The molecule has 2 aliphatic rings. The molecule has 0 aliphatic carbocycles. The van der Waals surface area contributed by atoms with Gasteiger partial charge in [0.2, 0.25) is 12.7 Å². The predicted molar refractivity (Wildman–Crippen MR) is 115 cm³/mol. The van der Waals surface area contributed by atoms with E-state index >= 15 is 0 Å². The number of hydrogen-bond donors (Lipinski definition) is 1. The summed E-state index contributed by atoms with van der Waals surface area (Å²) < 4.78 is 10.8. The fraction of sp³-hybridized carbons (Fsp3) is 0.652. The molecule has 1 fully saturated rings. The molecule has 1 atom stereocenters. The molecule has 0 unspecified atom stereocenters. The largest absolute Gasteiger partial charge is 0.454 e. The number of nitrogens with zero attached hydrogens (tertiary/aromatic N) is 2. The standard InChI is InChI=1S/C23H35N3O4/c1-4-5-19(8-6-17(2)3)22(27)24-23(28)26-12-10-25(11-13-26)15-18-7-9-20-21(14-18)30-16-29-20/h7,9,14,17,19H,4-6,8,10-13,15-16H2,1-3H3,(H,24,27,28)/t19-/m0/s1. The van der Waals surface area contributed by atoms with Crippen molar-refractivity contribution in [3.8, 4) is 11.5 Å². The Morgan fingerprint density at radius 1 is 1.03 bits per heavy atom. The minimum Gasteiger partial charge on any atom is -0.454 e. The molecule has 0 aromatic heterocycles. The zero-order valence-corrected chi connectivity index (χ0v) is 18.5. The van der Waals surface area contributed by atoms with Crippen molar-refractivity contribution in [2.75, 3.05) is 33.0 Å². The van der Waals surface area contributed by atoms with Gasteiger partial charge in [0.1, 0.15) is 0 Å². The molecule has 7 nitrogen and oxygen atoms in total. The molecule has 1 aromatic rings. The minimum absolute atomic E-state index is 0.0753. The van der Waals surface area contributed by atoms with Gasteiger partial charge >= 0.3 is 6.03 Å². The summed E-state index contributed by atoms with van der Waals surface area (Å²) in [7, 11) is 0. The number of amides is 3. The van der Waals surface area contributed by atoms with E-state index in [0.29, 0.717) is 19.0 Å². The number of carbonyl (C=O) groups is 2. The van der Waals surface area contributed by atoms with Gasteiger partial charge in [-0.15, -0.1) is 0 Å². The summed E-state index contributed by atoms with van der Waals surface area (Å²) >= 11 is 0. The molecular formula is C23H35N3O4. The van der Waals surface area contributed by atoms with Crippen molar-refractivity contribution in [2.24, 2.45) is 11.8 Å². The summed E-state index contributed by atoms with van der Waals surface area (Å²) in [4.78, 5) is 29.3. The Balaban J connectivity index is 1.44. The normalized spacial score (nSPS) is 17.3. The van der Waals surface area contributed by atoms with E-state index in [0.717, 1.165) is 56.8 Å². The Labute approximate surface area is 179 Å². The molecule has 7 heteroatoms. The van der Waals surface area contributed by atoms with Gasteiger partial charge in [-0.25, -0.2) is 4.79 Å². The van der Waals surface area contributed by atoms with Gasteiger partial charge in [0.25, 0.3) is 0 Å². The van der Waals surface area contributed by atoms with Crippen LogP contribution in [0.25, 0.3) is 0 Å². The molecule has 1 saturated heterocycles. The summed E-state index contributed by atoms with van der Waals surface area (Å²) in [5.41, 5.74) is 1.17. The van der Waals surface area contributed by atoms with Gasteiger partial charge in [-0.1, -0.05) is 39.7 Å². The second-order valence-corrected chi connectivity index (χ2v) is 8.70. The Hall–Kier alpha value is -2.28. The van der Waals surface area contributed by atoms with Gasteiger partial charge in [-0.2, -0.15) is 0 Å². The van der Waals surface area contributed by atoms with Crippen LogP contribution in [0.4, 0.5) is 4.79 Å². The second-order valence-electron chi connectivity index (χ2n) is 8.70. The molecule has 2 heterocycles. The highest BCUT2D eigenvalue weighted by Crippen LogP contribution is 2.32. The summed E-state index contributed by atoms with van der Waals surface area (Å²) in [6.07, 6.45) is 3.62. The van der Waals surface area contributed by atoms with E-state index in [-0.39, 0.29) is 24.6 Å². The van der Waals surface area contributed by atoms with Crippen LogP contribution in [0.1, 0.15) is 52.0 Å². The molecule has 0 saturated carbocycles. The van der Waals surface area contributed by atoms with E-state index in [1.165, 1.54) is 5.56 Å². The van der Waals surface area contributed by atoms with Crippen molar-refractivity contribution < 1.29 is 19.1 Å². The summed E-state index contributed by atoms with van der Waals surface area (Å²) in [6, 6.07) is 5.76. The third-order valence-electron chi connectivity index (χ3n) is 5.83. The van der Waals surface area contributed by atoms with Crippen LogP contribution < -0.4 is 14.8 Å². The zero-order valence-electron chi connectivity index (χ0n) is 18.5. The average Bonchev–Trinajstić information content (AvgIpc) is 3.19. The van der Waals surface area contributed by atoms with Crippen LogP contribution in [0.5, 0.6) is 11.5 Å². The molecular weight excluding hydrogens is 382 g/mol. The maximum Gasteiger partial charge on any atom is 0.324 e. The fourth-order valence-corrected chi connectivity index (χ4v) is 3.98. The van der Waals surface area contributed by atoms with Crippen LogP contribution >= 0.6 is 0 Å². The van der Waals surface area contributed by atoms with E-state index in [2.05, 4.69) is 37.1 Å². The topological polar surface area (TPSA) is 71.1 Å². The number of fused-ring (bicyclic) bond motifs is 1. The summed E-state index contributed by atoms with van der Waals surface area (Å²) in [6.45, 7) is 10.3. The maximum atomic E-state index is 12.6. The first-order chi connectivity index (χ1) is 14.5. The quantitative estimate of drug-likeness (QED) is 0.700. The van der Waals surface area contributed by atoms with Crippen molar-refractivity contribution in [1.29, 1.82) is 0 Å². The molecule has 2 aliphatic heterocycles. The Morgan fingerprint density at radius 3 is 2.47 bits per heavy atom. The predicted octanol–water partition coefficient (Wildman–Crippen LogP) is 3.62. The van der Waals surface area contributed by atoms with E-state index in [4.69, 9.17) is 9.47 Å². The molecule has 0 radical (unpaired) electrons. The number of hydrogen-bond acceptors (Lipinski definition) is 5. The van der Waals surface area contributed by atoms with Crippen molar-refractivity contribution in [2.45, 2.75) is 53.0 Å². The van der Waals surface area contributed by atoms with Crippen molar-refractivity contribution >= 4 is 11.9 Å². The van der Waals surface area contributed by atoms with E-state index in [9.17, 15) is 9.59 Å². The lowest BCUT2D eigenvalue weighted by Crippen LogP contribution is -2.53. The molecule has 166 valence electrons. The highest BCUT2D eigenvalue weighted by molar-refractivity contribution is 5.95. The molecule has 1 N–H and O–H groups in total. The van der Waals surface area contributed by atoms with E-state index in [1.54, 1.807) is 4.90 Å². The van der Waals surface area contributed by atoms with Crippen molar-refractivity contribution in [1.82, 2.24) is 15.1 Å². The molecule has 0 spiro atoms. The third-order valence-corrected chi connectivity index (χ3v) is 5.83. The number of piperazine rings is 1. The van der Waals surface area contributed by atoms with E-state index < -0.39 is 0 Å². The minimum atomic E-state index is -0.256. The fourth-order valence-electron chi connectivity index (χ4n) is 3.98. The lowest BCUT2D eigenvalue weighted by atomic mass is 9.93. The number of nitrogens with one attached hydrogen (secondary N) is 1. The van der Waals surface area contributed by atoms with Crippen LogP contribution in [-0.2, 0) is 11.3 Å². The van der Waals surface area contributed by atoms with Gasteiger partial charge in [0.05, 0.1) is 0 Å². The van der Waals surface area contributed by atoms with Gasteiger partial charge < -0.3 is 14.4 Å². The number of urea groups is 1. The first kappa shape index (κ1) is 22.4.